The van der Waals surface area contributed by atoms with E-state index in [1.807, 2.05) is 6.07 Å². The van der Waals surface area contributed by atoms with Gasteiger partial charge in [-0.15, -0.1) is 0 Å². The second kappa shape index (κ2) is 5.71. The van der Waals surface area contributed by atoms with E-state index in [1.165, 1.54) is 13.4 Å². The van der Waals surface area contributed by atoms with E-state index in [4.69, 9.17) is 16.0 Å². The number of halogens is 1. The summed E-state index contributed by atoms with van der Waals surface area (Å²) in [6, 6.07) is 5.26. The summed E-state index contributed by atoms with van der Waals surface area (Å²) in [4.78, 5) is 11.6. The number of aromatic nitrogens is 2. The van der Waals surface area contributed by atoms with Gasteiger partial charge in [-0.3, -0.25) is 0 Å². The summed E-state index contributed by atoms with van der Waals surface area (Å²) in [6.45, 7) is 0.358. The smallest absolute Gasteiger partial charge is 0.374 e. The van der Waals surface area contributed by atoms with E-state index in [-0.39, 0.29) is 5.76 Å². The second-order valence-electron chi connectivity index (χ2n) is 4.17. The molecule has 1 N–H and O–H groups in total. The first-order valence-corrected chi connectivity index (χ1v) is 7.11. The first-order valence-electron chi connectivity index (χ1n) is 6.00. The van der Waals surface area contributed by atoms with Crippen molar-refractivity contribution in [1.29, 1.82) is 0 Å². The number of esters is 1. The number of ether oxygens (including phenoxy) is 1. The van der Waals surface area contributed by atoms with Crippen molar-refractivity contribution in [2.45, 2.75) is 6.54 Å². The van der Waals surface area contributed by atoms with Crippen LogP contribution in [-0.4, -0.2) is 21.8 Å². The summed E-state index contributed by atoms with van der Waals surface area (Å²) in [6.07, 6.45) is 1.44. The number of methoxy groups -OCH3 is 1. The molecule has 0 amide bonds. The number of nitrogens with one attached hydrogen (secondary N) is 1. The molecule has 0 atom stereocenters. The fourth-order valence-corrected chi connectivity index (χ4v) is 2.69. The van der Waals surface area contributed by atoms with Gasteiger partial charge in [-0.05, 0) is 18.2 Å². The van der Waals surface area contributed by atoms with Crippen LogP contribution in [0.25, 0.3) is 11.0 Å². The summed E-state index contributed by atoms with van der Waals surface area (Å²) < 4.78 is 18.2. The molecule has 0 saturated heterocycles. The van der Waals surface area contributed by atoms with E-state index in [9.17, 15) is 4.79 Å². The van der Waals surface area contributed by atoms with Crippen LogP contribution in [-0.2, 0) is 11.3 Å². The van der Waals surface area contributed by atoms with Crippen LogP contribution in [0.15, 0.2) is 28.9 Å². The summed E-state index contributed by atoms with van der Waals surface area (Å²) in [5.74, 6) is -0.346. The lowest BCUT2D eigenvalue weighted by Gasteiger charge is -2.08. The van der Waals surface area contributed by atoms with Crippen LogP contribution in [0.1, 0.15) is 16.1 Å². The Morgan fingerprint density at radius 2 is 2.29 bits per heavy atom. The van der Waals surface area contributed by atoms with Gasteiger partial charge in [0.2, 0.25) is 5.76 Å². The van der Waals surface area contributed by atoms with Crippen molar-refractivity contribution in [1.82, 2.24) is 8.75 Å². The number of anilines is 1. The molecule has 2 aromatic heterocycles. The van der Waals surface area contributed by atoms with Gasteiger partial charge in [-0.1, -0.05) is 11.6 Å². The molecule has 0 aliphatic heterocycles. The fourth-order valence-electron chi connectivity index (χ4n) is 1.93. The van der Waals surface area contributed by atoms with Crippen LogP contribution in [0.5, 0.6) is 0 Å². The summed E-state index contributed by atoms with van der Waals surface area (Å²) in [5.41, 5.74) is 2.83. The molecule has 6 nitrogen and oxygen atoms in total. The summed E-state index contributed by atoms with van der Waals surface area (Å²) in [5, 5.41) is 3.71. The number of hydrogen-bond acceptors (Lipinski definition) is 7. The second-order valence-corrected chi connectivity index (χ2v) is 5.11. The molecule has 3 rings (SSSR count). The number of rotatable bonds is 4. The van der Waals surface area contributed by atoms with Crippen LogP contribution in [0.4, 0.5) is 5.69 Å². The standard InChI is InChI=1S/C13H10ClN3O3S/c1-19-13(18)12-7(4-5-20-12)6-15-10-8(14)2-3-9-11(10)17-21-16-9/h2-5,15H,6H2,1H3. The minimum absolute atomic E-state index is 0.171. The predicted molar refractivity (Wildman–Crippen MR) is 79.8 cm³/mol. The Hall–Kier alpha value is -2.12. The normalized spacial score (nSPS) is 10.8. The van der Waals surface area contributed by atoms with E-state index >= 15 is 0 Å². The van der Waals surface area contributed by atoms with E-state index in [0.29, 0.717) is 28.3 Å². The highest BCUT2D eigenvalue weighted by molar-refractivity contribution is 7.00. The Morgan fingerprint density at radius 1 is 1.43 bits per heavy atom. The Balaban J connectivity index is 1.87. The van der Waals surface area contributed by atoms with E-state index < -0.39 is 5.97 Å². The molecule has 0 aliphatic rings. The van der Waals surface area contributed by atoms with Crippen LogP contribution in [0.3, 0.4) is 0 Å². The molecule has 0 unspecified atom stereocenters. The third-order valence-electron chi connectivity index (χ3n) is 2.95. The third kappa shape index (κ3) is 2.57. The largest absolute Gasteiger partial charge is 0.463 e. The zero-order valence-corrected chi connectivity index (χ0v) is 12.5. The Bertz CT molecular complexity index is 799. The quantitative estimate of drug-likeness (QED) is 0.742. The topological polar surface area (TPSA) is 77.2 Å². The zero-order chi connectivity index (χ0) is 14.8. The predicted octanol–water partition coefficient (Wildman–Crippen LogP) is 3.34. The van der Waals surface area contributed by atoms with Crippen molar-refractivity contribution in [2.75, 3.05) is 12.4 Å². The van der Waals surface area contributed by atoms with Crippen molar-refractivity contribution in [3.63, 3.8) is 0 Å². The van der Waals surface area contributed by atoms with Gasteiger partial charge >= 0.3 is 5.97 Å². The van der Waals surface area contributed by atoms with E-state index in [1.54, 1.807) is 12.1 Å². The van der Waals surface area contributed by atoms with E-state index in [0.717, 1.165) is 17.2 Å². The number of hydrogen-bond donors (Lipinski definition) is 1. The average molecular weight is 324 g/mol. The van der Waals surface area contributed by atoms with Crippen molar-refractivity contribution < 1.29 is 13.9 Å². The molecule has 0 spiro atoms. The van der Waals surface area contributed by atoms with Crippen molar-refractivity contribution >= 4 is 46.0 Å². The highest BCUT2D eigenvalue weighted by Crippen LogP contribution is 2.30. The van der Waals surface area contributed by atoms with Gasteiger partial charge in [0.25, 0.3) is 0 Å². The summed E-state index contributed by atoms with van der Waals surface area (Å²) in [7, 11) is 1.31. The third-order valence-corrected chi connectivity index (χ3v) is 3.81. The Labute approximate surface area is 129 Å². The fraction of sp³-hybridized carbons (Fsp3) is 0.154. The molecular formula is C13H10ClN3O3S. The molecule has 108 valence electrons. The maximum atomic E-state index is 11.6. The molecule has 0 aliphatic carbocycles. The van der Waals surface area contributed by atoms with Crippen molar-refractivity contribution in [3.8, 4) is 0 Å². The number of fused-ring (bicyclic) bond motifs is 1. The monoisotopic (exact) mass is 323 g/mol. The molecule has 0 saturated carbocycles. The Kier molecular flexibility index (Phi) is 3.76. The zero-order valence-electron chi connectivity index (χ0n) is 10.9. The van der Waals surface area contributed by atoms with Gasteiger partial charge in [-0.2, -0.15) is 8.75 Å². The van der Waals surface area contributed by atoms with Gasteiger partial charge in [0.15, 0.2) is 0 Å². The SMILES string of the molecule is COC(=O)c1occc1CNc1c(Cl)ccc2nsnc12. The minimum atomic E-state index is -0.517. The highest BCUT2D eigenvalue weighted by atomic mass is 35.5. The molecule has 0 radical (unpaired) electrons. The van der Waals surface area contributed by atoms with Gasteiger partial charge < -0.3 is 14.5 Å². The van der Waals surface area contributed by atoms with Crippen molar-refractivity contribution in [2.24, 2.45) is 0 Å². The van der Waals surface area contributed by atoms with Crippen molar-refractivity contribution in [3.05, 3.63) is 40.8 Å². The van der Waals surface area contributed by atoms with Crippen LogP contribution < -0.4 is 5.32 Å². The van der Waals surface area contributed by atoms with Gasteiger partial charge in [0.1, 0.15) is 11.0 Å². The first kappa shape index (κ1) is 13.8. The van der Waals surface area contributed by atoms with Crippen LogP contribution in [0, 0.1) is 0 Å². The lowest BCUT2D eigenvalue weighted by atomic mass is 10.2. The first-order chi connectivity index (χ1) is 10.2. The molecule has 0 bridgehead atoms. The molecule has 3 aromatic rings. The molecule has 2 heterocycles. The minimum Gasteiger partial charge on any atom is -0.463 e. The molecular weight excluding hydrogens is 314 g/mol. The van der Waals surface area contributed by atoms with Gasteiger partial charge in [-0.25, -0.2) is 4.79 Å². The van der Waals surface area contributed by atoms with Crippen LogP contribution >= 0.6 is 23.3 Å². The maximum absolute atomic E-state index is 11.6. The number of furan rings is 1. The Morgan fingerprint density at radius 3 is 3.10 bits per heavy atom. The number of carbonyl (C=O) groups is 1. The average Bonchev–Trinajstić information content (AvgIpc) is 3.14. The number of carbonyl (C=O) groups excluding carboxylic acids is 1. The summed E-state index contributed by atoms with van der Waals surface area (Å²) >= 11 is 7.31. The van der Waals surface area contributed by atoms with Gasteiger partial charge in [0, 0.05) is 12.1 Å². The molecule has 1 aromatic carbocycles. The highest BCUT2D eigenvalue weighted by Gasteiger charge is 2.17. The maximum Gasteiger partial charge on any atom is 0.374 e. The number of nitrogens with zero attached hydrogens (tertiary/aromatic N) is 2. The van der Waals surface area contributed by atoms with Crippen LogP contribution in [0.2, 0.25) is 5.02 Å². The van der Waals surface area contributed by atoms with E-state index in [2.05, 4.69) is 18.8 Å². The number of benzene rings is 1. The molecule has 0 fully saturated rings. The lowest BCUT2D eigenvalue weighted by molar-refractivity contribution is 0.0563. The molecule has 21 heavy (non-hydrogen) atoms. The molecule has 8 heteroatoms. The lowest BCUT2D eigenvalue weighted by Crippen LogP contribution is -2.07. The van der Waals surface area contributed by atoms with Gasteiger partial charge in [0.05, 0.1) is 35.8 Å².